The molecule has 0 atom stereocenters. The van der Waals surface area contributed by atoms with Crippen LogP contribution in [0.1, 0.15) is 18.1 Å². The fourth-order valence-electron chi connectivity index (χ4n) is 1.86. The number of halogens is 2. The Morgan fingerprint density at radius 2 is 2.05 bits per heavy atom. The Balaban J connectivity index is 2.79. The molecular formula is C13H12ClFN2O2. The maximum absolute atomic E-state index is 13.2. The maximum atomic E-state index is 13.2. The number of aromatic amines is 1. The van der Waals surface area contributed by atoms with Gasteiger partial charge in [0, 0.05) is 0 Å². The molecule has 0 spiro atoms. The molecule has 1 aromatic heterocycles. The van der Waals surface area contributed by atoms with Crippen LogP contribution in [0.15, 0.2) is 27.8 Å². The summed E-state index contributed by atoms with van der Waals surface area (Å²) in [5.74, 6) is -0.391. The van der Waals surface area contributed by atoms with Gasteiger partial charge in [-0.3, -0.25) is 9.78 Å². The van der Waals surface area contributed by atoms with Crippen LogP contribution >= 0.6 is 11.6 Å². The molecule has 4 nitrogen and oxygen atoms in total. The molecule has 0 unspecified atom stereocenters. The van der Waals surface area contributed by atoms with Crippen LogP contribution in [-0.4, -0.2) is 9.55 Å². The molecule has 1 heterocycles. The molecule has 1 aromatic carbocycles. The Labute approximate surface area is 113 Å². The van der Waals surface area contributed by atoms with E-state index in [0.29, 0.717) is 23.2 Å². The molecule has 0 amide bonds. The van der Waals surface area contributed by atoms with Crippen LogP contribution < -0.4 is 11.2 Å². The van der Waals surface area contributed by atoms with Gasteiger partial charge in [-0.05, 0) is 37.1 Å². The van der Waals surface area contributed by atoms with Crippen LogP contribution in [0.3, 0.4) is 0 Å². The minimum absolute atomic E-state index is 0.0487. The van der Waals surface area contributed by atoms with Crippen molar-refractivity contribution >= 4 is 11.6 Å². The third kappa shape index (κ3) is 2.33. The third-order valence-corrected chi connectivity index (χ3v) is 3.22. The molecule has 0 fully saturated rings. The second-order valence-electron chi connectivity index (χ2n) is 4.15. The molecule has 0 radical (unpaired) electrons. The van der Waals surface area contributed by atoms with Crippen LogP contribution in [0.5, 0.6) is 0 Å². The molecule has 0 saturated carbocycles. The molecule has 2 aromatic rings. The summed E-state index contributed by atoms with van der Waals surface area (Å²) in [4.78, 5) is 26.5. The zero-order chi connectivity index (χ0) is 14.2. The SMILES string of the molecule is CCc1c(Cl)[nH]c(=O)n(-c2ccc(F)c(C)c2)c1=O. The van der Waals surface area contributed by atoms with E-state index in [2.05, 4.69) is 4.98 Å². The van der Waals surface area contributed by atoms with E-state index in [1.54, 1.807) is 13.8 Å². The number of nitrogens with one attached hydrogen (secondary N) is 1. The monoisotopic (exact) mass is 282 g/mol. The average molecular weight is 283 g/mol. The molecule has 0 bridgehead atoms. The number of benzene rings is 1. The Bertz CT molecular complexity index is 749. The van der Waals surface area contributed by atoms with Gasteiger partial charge in [-0.25, -0.2) is 13.8 Å². The smallest absolute Gasteiger partial charge is 0.297 e. The standard InChI is InChI=1S/C13H12ClFN2O2/c1-3-9-11(14)16-13(19)17(12(9)18)8-4-5-10(15)7(2)6-8/h4-6H,3H2,1-2H3,(H,16,19). The second-order valence-corrected chi connectivity index (χ2v) is 4.53. The molecule has 19 heavy (non-hydrogen) atoms. The zero-order valence-electron chi connectivity index (χ0n) is 10.5. The molecule has 2 rings (SSSR count). The summed E-state index contributed by atoms with van der Waals surface area (Å²) in [6, 6.07) is 4.04. The highest BCUT2D eigenvalue weighted by molar-refractivity contribution is 6.30. The lowest BCUT2D eigenvalue weighted by molar-refractivity contribution is 0.617. The largest absolute Gasteiger partial charge is 0.334 e. The number of hydrogen-bond acceptors (Lipinski definition) is 2. The van der Waals surface area contributed by atoms with Gasteiger partial charge in [0.05, 0.1) is 11.3 Å². The molecule has 0 saturated heterocycles. The summed E-state index contributed by atoms with van der Waals surface area (Å²) >= 11 is 5.82. The van der Waals surface area contributed by atoms with Crippen molar-refractivity contribution in [3.8, 4) is 5.69 Å². The lowest BCUT2D eigenvalue weighted by Gasteiger charge is -2.08. The van der Waals surface area contributed by atoms with Crippen molar-refractivity contribution in [2.45, 2.75) is 20.3 Å². The second kappa shape index (κ2) is 5.01. The molecule has 1 N–H and O–H groups in total. The van der Waals surface area contributed by atoms with Gasteiger partial charge in [-0.15, -0.1) is 0 Å². The van der Waals surface area contributed by atoms with E-state index in [4.69, 9.17) is 11.6 Å². The predicted molar refractivity (Wildman–Crippen MR) is 71.7 cm³/mol. The summed E-state index contributed by atoms with van der Waals surface area (Å²) in [5, 5.41) is 0.0487. The fraction of sp³-hybridized carbons (Fsp3) is 0.231. The summed E-state index contributed by atoms with van der Waals surface area (Å²) < 4.78 is 14.2. The van der Waals surface area contributed by atoms with E-state index < -0.39 is 17.1 Å². The molecule has 0 aliphatic carbocycles. The maximum Gasteiger partial charge on any atom is 0.334 e. The number of H-pyrrole nitrogens is 1. The normalized spacial score (nSPS) is 10.7. The van der Waals surface area contributed by atoms with E-state index >= 15 is 0 Å². The molecule has 0 aliphatic rings. The van der Waals surface area contributed by atoms with Crippen molar-refractivity contribution in [3.05, 3.63) is 61.1 Å². The zero-order valence-corrected chi connectivity index (χ0v) is 11.2. The number of aromatic nitrogens is 2. The van der Waals surface area contributed by atoms with E-state index in [1.807, 2.05) is 0 Å². The van der Waals surface area contributed by atoms with Crippen LogP contribution in [0.4, 0.5) is 4.39 Å². The first-order chi connectivity index (χ1) is 8.95. The number of nitrogens with zero attached hydrogens (tertiary/aromatic N) is 1. The summed E-state index contributed by atoms with van der Waals surface area (Å²) in [6.07, 6.45) is 0.397. The van der Waals surface area contributed by atoms with Crippen molar-refractivity contribution in [2.24, 2.45) is 0 Å². The molecular weight excluding hydrogens is 271 g/mol. The van der Waals surface area contributed by atoms with Gasteiger partial charge >= 0.3 is 5.69 Å². The van der Waals surface area contributed by atoms with E-state index in [0.717, 1.165) is 4.57 Å². The number of rotatable bonds is 2. The lowest BCUT2D eigenvalue weighted by Crippen LogP contribution is -2.36. The minimum Gasteiger partial charge on any atom is -0.297 e. The van der Waals surface area contributed by atoms with Crippen LogP contribution in [-0.2, 0) is 6.42 Å². The van der Waals surface area contributed by atoms with Crippen molar-refractivity contribution in [1.29, 1.82) is 0 Å². The summed E-state index contributed by atoms with van der Waals surface area (Å²) in [7, 11) is 0. The van der Waals surface area contributed by atoms with E-state index in [-0.39, 0.29) is 5.15 Å². The van der Waals surface area contributed by atoms with Gasteiger partial charge in [0.15, 0.2) is 0 Å². The highest BCUT2D eigenvalue weighted by Gasteiger charge is 2.13. The van der Waals surface area contributed by atoms with Crippen molar-refractivity contribution in [3.63, 3.8) is 0 Å². The predicted octanol–water partition coefficient (Wildman–Crippen LogP) is 2.19. The Hall–Kier alpha value is -1.88. The van der Waals surface area contributed by atoms with Gasteiger partial charge in [-0.1, -0.05) is 18.5 Å². The number of aryl methyl sites for hydroxylation is 1. The minimum atomic E-state index is -0.641. The van der Waals surface area contributed by atoms with Gasteiger partial charge in [0.1, 0.15) is 11.0 Å². The molecule has 0 aliphatic heterocycles. The number of hydrogen-bond donors (Lipinski definition) is 1. The average Bonchev–Trinajstić information content (AvgIpc) is 2.33. The van der Waals surface area contributed by atoms with Gasteiger partial charge in [0.2, 0.25) is 0 Å². The Morgan fingerprint density at radius 3 is 2.63 bits per heavy atom. The first kappa shape index (κ1) is 13.5. The lowest BCUT2D eigenvalue weighted by atomic mass is 10.2. The Kier molecular flexibility index (Phi) is 3.57. The quantitative estimate of drug-likeness (QED) is 0.859. The summed E-state index contributed by atoms with van der Waals surface area (Å²) in [5.41, 5.74) is -0.128. The highest BCUT2D eigenvalue weighted by atomic mass is 35.5. The van der Waals surface area contributed by atoms with Crippen LogP contribution in [0, 0.1) is 12.7 Å². The van der Waals surface area contributed by atoms with Crippen LogP contribution in [0.2, 0.25) is 5.15 Å². The fourth-order valence-corrected chi connectivity index (χ4v) is 2.15. The molecule has 6 heteroatoms. The van der Waals surface area contributed by atoms with Crippen molar-refractivity contribution in [1.82, 2.24) is 9.55 Å². The molecule has 100 valence electrons. The first-order valence-corrected chi connectivity index (χ1v) is 6.13. The first-order valence-electron chi connectivity index (χ1n) is 5.76. The topological polar surface area (TPSA) is 54.9 Å². The van der Waals surface area contributed by atoms with E-state index in [1.165, 1.54) is 18.2 Å². The van der Waals surface area contributed by atoms with E-state index in [9.17, 15) is 14.0 Å². The van der Waals surface area contributed by atoms with Gasteiger partial charge in [-0.2, -0.15) is 0 Å². The third-order valence-electron chi connectivity index (χ3n) is 2.90. The van der Waals surface area contributed by atoms with Gasteiger partial charge in [0.25, 0.3) is 5.56 Å². The highest BCUT2D eigenvalue weighted by Crippen LogP contribution is 2.12. The van der Waals surface area contributed by atoms with Crippen molar-refractivity contribution in [2.75, 3.05) is 0 Å². The van der Waals surface area contributed by atoms with Crippen molar-refractivity contribution < 1.29 is 4.39 Å². The Morgan fingerprint density at radius 1 is 1.37 bits per heavy atom. The van der Waals surface area contributed by atoms with Crippen LogP contribution in [0.25, 0.3) is 5.69 Å². The van der Waals surface area contributed by atoms with Gasteiger partial charge < -0.3 is 0 Å². The summed E-state index contributed by atoms with van der Waals surface area (Å²) in [6.45, 7) is 3.33.